The summed E-state index contributed by atoms with van der Waals surface area (Å²) in [5, 5.41) is 3.66. The predicted molar refractivity (Wildman–Crippen MR) is 74.2 cm³/mol. The van der Waals surface area contributed by atoms with Gasteiger partial charge in [-0.25, -0.2) is 0 Å². The van der Waals surface area contributed by atoms with Crippen LogP contribution >= 0.6 is 27.3 Å². The number of nitrogens with one attached hydrogen (secondary N) is 1. The average Bonchev–Trinajstić information content (AvgIpc) is 2.67. The molecule has 0 radical (unpaired) electrons. The fourth-order valence-corrected chi connectivity index (χ4v) is 3.58. The van der Waals surface area contributed by atoms with E-state index in [0.29, 0.717) is 0 Å². The highest BCUT2D eigenvalue weighted by atomic mass is 79.9. The van der Waals surface area contributed by atoms with Gasteiger partial charge in [0.25, 0.3) is 0 Å². The molecule has 0 bridgehead atoms. The second-order valence-electron chi connectivity index (χ2n) is 4.49. The zero-order valence-corrected chi connectivity index (χ0v) is 12.1. The zero-order valence-electron chi connectivity index (χ0n) is 9.71. The Labute approximate surface area is 110 Å². The second kappa shape index (κ2) is 6.15. The van der Waals surface area contributed by atoms with Crippen molar-refractivity contribution < 1.29 is 0 Å². The molecule has 2 nitrogen and oxygen atoms in total. The quantitative estimate of drug-likeness (QED) is 0.920. The van der Waals surface area contributed by atoms with Gasteiger partial charge in [-0.2, -0.15) is 0 Å². The topological polar surface area (TPSA) is 15.3 Å². The number of hydrogen-bond acceptors (Lipinski definition) is 3. The third kappa shape index (κ3) is 3.84. The standard InChI is InChI=1S/C12H19BrN2S/c1-15-8-5-10(6-9-15)14-7-4-11-2-3-12(13)16-11/h2-3,10,14H,4-9H2,1H3. The van der Waals surface area contributed by atoms with Gasteiger partial charge in [0.15, 0.2) is 0 Å². The first-order valence-corrected chi connectivity index (χ1v) is 7.51. The van der Waals surface area contributed by atoms with Gasteiger partial charge in [0.05, 0.1) is 3.79 Å². The number of rotatable bonds is 4. The number of thiophene rings is 1. The number of halogens is 1. The Hall–Kier alpha value is 0.1000. The summed E-state index contributed by atoms with van der Waals surface area (Å²) in [6.45, 7) is 3.59. The van der Waals surface area contributed by atoms with E-state index in [-0.39, 0.29) is 0 Å². The Morgan fingerprint density at radius 1 is 1.44 bits per heavy atom. The predicted octanol–water partition coefficient (Wildman–Crippen LogP) is 2.74. The maximum atomic E-state index is 3.66. The lowest BCUT2D eigenvalue weighted by Gasteiger charge is -2.29. The first-order valence-electron chi connectivity index (χ1n) is 5.90. The van der Waals surface area contributed by atoms with Crippen molar-refractivity contribution in [1.82, 2.24) is 10.2 Å². The zero-order chi connectivity index (χ0) is 11.4. The maximum Gasteiger partial charge on any atom is 0.0701 e. The van der Waals surface area contributed by atoms with E-state index in [9.17, 15) is 0 Å². The summed E-state index contributed by atoms with van der Waals surface area (Å²) in [6, 6.07) is 5.08. The number of hydrogen-bond donors (Lipinski definition) is 1. The molecule has 2 heterocycles. The smallest absolute Gasteiger partial charge is 0.0701 e. The first kappa shape index (κ1) is 12.6. The molecular formula is C12H19BrN2S. The number of piperidine rings is 1. The van der Waals surface area contributed by atoms with Crippen LogP contribution in [0.2, 0.25) is 0 Å². The van der Waals surface area contributed by atoms with E-state index in [1.165, 1.54) is 34.6 Å². The molecule has 1 aliphatic rings. The molecule has 1 aromatic rings. The minimum Gasteiger partial charge on any atom is -0.314 e. The SMILES string of the molecule is CN1CCC(NCCc2ccc(Br)s2)CC1. The van der Waals surface area contributed by atoms with E-state index in [0.717, 1.165) is 19.0 Å². The van der Waals surface area contributed by atoms with Crippen LogP contribution < -0.4 is 5.32 Å². The Morgan fingerprint density at radius 3 is 2.81 bits per heavy atom. The van der Waals surface area contributed by atoms with Crippen LogP contribution in [0.5, 0.6) is 0 Å². The van der Waals surface area contributed by atoms with E-state index in [1.807, 2.05) is 11.3 Å². The number of nitrogens with zero attached hydrogens (tertiary/aromatic N) is 1. The molecule has 4 heteroatoms. The van der Waals surface area contributed by atoms with Gasteiger partial charge in [0.2, 0.25) is 0 Å². The van der Waals surface area contributed by atoms with Crippen molar-refractivity contribution >= 4 is 27.3 Å². The summed E-state index contributed by atoms with van der Waals surface area (Å²) in [5.41, 5.74) is 0. The lowest BCUT2D eigenvalue weighted by Crippen LogP contribution is -2.41. The van der Waals surface area contributed by atoms with E-state index in [4.69, 9.17) is 0 Å². The maximum absolute atomic E-state index is 3.66. The Morgan fingerprint density at radius 2 is 2.19 bits per heavy atom. The minimum absolute atomic E-state index is 0.736. The summed E-state index contributed by atoms with van der Waals surface area (Å²) < 4.78 is 1.24. The van der Waals surface area contributed by atoms with Gasteiger partial charge < -0.3 is 10.2 Å². The highest BCUT2D eigenvalue weighted by Gasteiger charge is 2.15. The first-order chi connectivity index (χ1) is 7.74. The summed E-state index contributed by atoms with van der Waals surface area (Å²) in [7, 11) is 2.21. The fourth-order valence-electron chi connectivity index (χ4n) is 2.10. The summed E-state index contributed by atoms with van der Waals surface area (Å²) in [5.74, 6) is 0. The summed E-state index contributed by atoms with van der Waals surface area (Å²) >= 11 is 5.34. The van der Waals surface area contributed by atoms with Crippen molar-refractivity contribution in [2.75, 3.05) is 26.7 Å². The van der Waals surface area contributed by atoms with Gasteiger partial charge in [0, 0.05) is 17.5 Å². The molecule has 1 saturated heterocycles. The molecule has 2 rings (SSSR count). The highest BCUT2D eigenvalue weighted by molar-refractivity contribution is 9.11. The van der Waals surface area contributed by atoms with Gasteiger partial charge >= 0.3 is 0 Å². The van der Waals surface area contributed by atoms with Crippen molar-refractivity contribution in [2.45, 2.75) is 25.3 Å². The van der Waals surface area contributed by atoms with Crippen LogP contribution in [0.15, 0.2) is 15.9 Å². The Bertz CT molecular complexity index is 319. The molecule has 1 aliphatic heterocycles. The molecule has 0 unspecified atom stereocenters. The second-order valence-corrected chi connectivity index (χ2v) is 7.04. The molecule has 0 aromatic carbocycles. The largest absolute Gasteiger partial charge is 0.314 e. The summed E-state index contributed by atoms with van der Waals surface area (Å²) in [6.07, 6.45) is 3.75. The van der Waals surface area contributed by atoms with Gasteiger partial charge in [-0.05, 0) is 67.5 Å². The van der Waals surface area contributed by atoms with E-state index >= 15 is 0 Å². The third-order valence-electron chi connectivity index (χ3n) is 3.15. The van der Waals surface area contributed by atoms with Crippen molar-refractivity contribution in [1.29, 1.82) is 0 Å². The minimum atomic E-state index is 0.736. The Balaban J connectivity index is 1.64. The van der Waals surface area contributed by atoms with Crippen LogP contribution in [0, 0.1) is 0 Å². The van der Waals surface area contributed by atoms with Crippen LogP contribution in [0.1, 0.15) is 17.7 Å². The molecule has 0 aliphatic carbocycles. The lowest BCUT2D eigenvalue weighted by atomic mass is 10.1. The van der Waals surface area contributed by atoms with Crippen LogP contribution in [-0.4, -0.2) is 37.6 Å². The van der Waals surface area contributed by atoms with Crippen LogP contribution in [-0.2, 0) is 6.42 Å². The molecule has 0 amide bonds. The molecular weight excluding hydrogens is 284 g/mol. The van der Waals surface area contributed by atoms with Crippen molar-refractivity contribution in [3.63, 3.8) is 0 Å². The molecule has 0 saturated carbocycles. The van der Waals surface area contributed by atoms with E-state index in [1.54, 1.807) is 0 Å². The monoisotopic (exact) mass is 302 g/mol. The van der Waals surface area contributed by atoms with Crippen LogP contribution in [0.25, 0.3) is 0 Å². The lowest BCUT2D eigenvalue weighted by molar-refractivity contribution is 0.235. The molecule has 0 spiro atoms. The van der Waals surface area contributed by atoms with Gasteiger partial charge in [-0.15, -0.1) is 11.3 Å². The van der Waals surface area contributed by atoms with E-state index in [2.05, 4.69) is 45.3 Å². The van der Waals surface area contributed by atoms with Gasteiger partial charge in [-0.1, -0.05) is 0 Å². The molecule has 1 fully saturated rings. The highest BCUT2D eigenvalue weighted by Crippen LogP contribution is 2.22. The molecule has 90 valence electrons. The van der Waals surface area contributed by atoms with Crippen LogP contribution in [0.4, 0.5) is 0 Å². The van der Waals surface area contributed by atoms with Crippen molar-refractivity contribution in [3.8, 4) is 0 Å². The third-order valence-corrected chi connectivity index (χ3v) is 4.84. The molecule has 1 aromatic heterocycles. The number of likely N-dealkylation sites (tertiary alicyclic amines) is 1. The van der Waals surface area contributed by atoms with Gasteiger partial charge in [0.1, 0.15) is 0 Å². The summed E-state index contributed by atoms with van der Waals surface area (Å²) in [4.78, 5) is 3.88. The normalized spacial score (nSPS) is 19.1. The fraction of sp³-hybridized carbons (Fsp3) is 0.667. The Kier molecular flexibility index (Phi) is 4.82. The van der Waals surface area contributed by atoms with Gasteiger partial charge in [-0.3, -0.25) is 0 Å². The van der Waals surface area contributed by atoms with Crippen LogP contribution in [0.3, 0.4) is 0 Å². The molecule has 0 atom stereocenters. The van der Waals surface area contributed by atoms with E-state index < -0.39 is 0 Å². The van der Waals surface area contributed by atoms with Crippen molar-refractivity contribution in [3.05, 3.63) is 20.8 Å². The van der Waals surface area contributed by atoms with Crippen molar-refractivity contribution in [2.24, 2.45) is 0 Å². The average molecular weight is 303 g/mol. The molecule has 16 heavy (non-hydrogen) atoms. The molecule has 1 N–H and O–H groups in total.